The van der Waals surface area contributed by atoms with Crippen LogP contribution in [0.5, 0.6) is 0 Å². The van der Waals surface area contributed by atoms with Crippen molar-refractivity contribution in [3.63, 3.8) is 0 Å². The topological polar surface area (TPSA) is 4.93 Å². The van der Waals surface area contributed by atoms with Gasteiger partial charge in [-0.05, 0) is 50.7 Å². The molecule has 0 amide bonds. The molecule has 1 aliphatic carbocycles. The molecule has 0 unspecified atom stereocenters. The monoisotopic (exact) mass is 205 g/mol. The third kappa shape index (κ3) is 1.97. The van der Waals surface area contributed by atoms with Crippen molar-refractivity contribution < 1.29 is 0 Å². The number of rotatable bonds is 3. The van der Waals surface area contributed by atoms with Crippen molar-refractivity contribution >= 4 is 0 Å². The van der Waals surface area contributed by atoms with E-state index in [9.17, 15) is 0 Å². The van der Waals surface area contributed by atoms with Crippen LogP contribution in [0.2, 0.25) is 0 Å². The Labute approximate surface area is 93.5 Å². The largest absolute Gasteiger partial charge is 0.349 e. The summed E-state index contributed by atoms with van der Waals surface area (Å²) in [5.74, 6) is 0. The van der Waals surface area contributed by atoms with Gasteiger partial charge in [-0.25, -0.2) is 0 Å². The van der Waals surface area contributed by atoms with Crippen molar-refractivity contribution in [3.05, 3.63) is 23.5 Å². The lowest BCUT2D eigenvalue weighted by molar-refractivity contribution is 0.234. The van der Waals surface area contributed by atoms with Crippen LogP contribution in [0, 0.1) is 19.3 Å². The van der Waals surface area contributed by atoms with Gasteiger partial charge in [0, 0.05) is 17.9 Å². The van der Waals surface area contributed by atoms with Crippen LogP contribution < -0.4 is 0 Å². The summed E-state index contributed by atoms with van der Waals surface area (Å²) in [4.78, 5) is 0. The lowest BCUT2D eigenvalue weighted by Gasteiger charge is -2.29. The Morgan fingerprint density at radius 3 is 2.13 bits per heavy atom. The molecule has 0 aromatic carbocycles. The van der Waals surface area contributed by atoms with Crippen molar-refractivity contribution in [3.8, 4) is 0 Å². The van der Waals surface area contributed by atoms with Crippen molar-refractivity contribution in [1.82, 2.24) is 4.57 Å². The molecule has 1 aromatic rings. The Morgan fingerprint density at radius 2 is 1.67 bits per heavy atom. The summed E-state index contributed by atoms with van der Waals surface area (Å²) in [6, 6.07) is 4.49. The normalized spacial score (nSPS) is 19.7. The minimum absolute atomic E-state index is 0.606. The fraction of sp³-hybridized carbons (Fsp3) is 0.714. The molecule has 0 atom stereocenters. The molecule has 0 N–H and O–H groups in total. The molecule has 1 saturated carbocycles. The quantitative estimate of drug-likeness (QED) is 0.701. The first-order chi connectivity index (χ1) is 7.17. The average Bonchev–Trinajstić information content (AvgIpc) is 2.81. The number of nitrogens with zero attached hydrogens (tertiary/aromatic N) is 1. The first-order valence-corrected chi connectivity index (χ1v) is 6.30. The molecule has 1 aliphatic rings. The Bertz CT molecular complexity index is 310. The van der Waals surface area contributed by atoms with E-state index in [-0.39, 0.29) is 0 Å². The van der Waals surface area contributed by atoms with E-state index in [0.717, 1.165) is 0 Å². The second-order valence-corrected chi connectivity index (χ2v) is 5.26. The first-order valence-electron chi connectivity index (χ1n) is 6.30. The molecule has 0 aliphatic heterocycles. The van der Waals surface area contributed by atoms with E-state index in [1.165, 1.54) is 50.0 Å². The van der Waals surface area contributed by atoms with Crippen LogP contribution in [-0.2, 0) is 6.54 Å². The van der Waals surface area contributed by atoms with Gasteiger partial charge < -0.3 is 4.57 Å². The standard InChI is InChI=1S/C14H23N/c1-4-14(9-5-6-10-14)11-15-12(2)7-8-13(15)3/h7-8H,4-6,9-11H2,1-3H3. The highest BCUT2D eigenvalue weighted by molar-refractivity contribution is 5.14. The van der Waals surface area contributed by atoms with Crippen molar-refractivity contribution in [2.24, 2.45) is 5.41 Å². The van der Waals surface area contributed by atoms with Crippen LogP contribution in [-0.4, -0.2) is 4.57 Å². The third-order valence-electron chi connectivity index (χ3n) is 4.32. The molecule has 84 valence electrons. The van der Waals surface area contributed by atoms with Crippen molar-refractivity contribution in [2.45, 2.75) is 59.4 Å². The van der Waals surface area contributed by atoms with Gasteiger partial charge in [0.1, 0.15) is 0 Å². The fourth-order valence-corrected chi connectivity index (χ4v) is 3.03. The van der Waals surface area contributed by atoms with E-state index in [2.05, 4.69) is 37.5 Å². The van der Waals surface area contributed by atoms with Gasteiger partial charge in [-0.2, -0.15) is 0 Å². The lowest BCUT2D eigenvalue weighted by Crippen LogP contribution is -2.23. The van der Waals surface area contributed by atoms with Gasteiger partial charge in [-0.1, -0.05) is 19.8 Å². The molecule has 2 rings (SSSR count). The number of hydrogen-bond donors (Lipinski definition) is 0. The second kappa shape index (κ2) is 4.03. The predicted octanol–water partition coefficient (Wildman–Crippen LogP) is 4.08. The van der Waals surface area contributed by atoms with E-state index in [0.29, 0.717) is 5.41 Å². The number of hydrogen-bond acceptors (Lipinski definition) is 0. The van der Waals surface area contributed by atoms with Gasteiger partial charge in [-0.15, -0.1) is 0 Å². The van der Waals surface area contributed by atoms with Gasteiger partial charge in [0.2, 0.25) is 0 Å². The van der Waals surface area contributed by atoms with E-state index in [1.54, 1.807) is 0 Å². The van der Waals surface area contributed by atoms with Gasteiger partial charge in [0.15, 0.2) is 0 Å². The summed E-state index contributed by atoms with van der Waals surface area (Å²) < 4.78 is 2.51. The number of aryl methyl sites for hydroxylation is 2. The number of aromatic nitrogens is 1. The SMILES string of the molecule is CCC1(Cn2c(C)ccc2C)CCCC1. The molecule has 0 saturated heterocycles. The Hall–Kier alpha value is -0.720. The van der Waals surface area contributed by atoms with E-state index < -0.39 is 0 Å². The Morgan fingerprint density at radius 1 is 1.13 bits per heavy atom. The van der Waals surface area contributed by atoms with E-state index in [4.69, 9.17) is 0 Å². The maximum Gasteiger partial charge on any atom is 0.0281 e. The van der Waals surface area contributed by atoms with Gasteiger partial charge >= 0.3 is 0 Å². The van der Waals surface area contributed by atoms with Gasteiger partial charge in [0.05, 0.1) is 0 Å². The zero-order chi connectivity index (χ0) is 10.9. The predicted molar refractivity (Wildman–Crippen MR) is 65.1 cm³/mol. The van der Waals surface area contributed by atoms with Crippen molar-refractivity contribution in [2.75, 3.05) is 0 Å². The van der Waals surface area contributed by atoms with Gasteiger partial charge in [-0.3, -0.25) is 0 Å². The van der Waals surface area contributed by atoms with Gasteiger partial charge in [0.25, 0.3) is 0 Å². The Balaban J connectivity index is 2.19. The highest BCUT2D eigenvalue weighted by Crippen LogP contribution is 2.42. The first kappa shape index (κ1) is 10.8. The van der Waals surface area contributed by atoms with Crippen molar-refractivity contribution in [1.29, 1.82) is 0 Å². The minimum atomic E-state index is 0.606. The molecule has 1 heterocycles. The van der Waals surface area contributed by atoms with Crippen LogP contribution in [0.15, 0.2) is 12.1 Å². The summed E-state index contributed by atoms with van der Waals surface area (Å²) in [5.41, 5.74) is 3.45. The van der Waals surface area contributed by atoms with Crippen LogP contribution in [0.3, 0.4) is 0 Å². The fourth-order valence-electron chi connectivity index (χ4n) is 3.03. The van der Waals surface area contributed by atoms with E-state index >= 15 is 0 Å². The molecular weight excluding hydrogens is 182 g/mol. The molecule has 1 fully saturated rings. The summed E-state index contributed by atoms with van der Waals surface area (Å²) in [6.45, 7) is 8.06. The van der Waals surface area contributed by atoms with E-state index in [1.807, 2.05) is 0 Å². The van der Waals surface area contributed by atoms with Crippen LogP contribution >= 0.6 is 0 Å². The summed E-state index contributed by atoms with van der Waals surface area (Å²) >= 11 is 0. The molecule has 15 heavy (non-hydrogen) atoms. The molecular formula is C14H23N. The summed E-state index contributed by atoms with van der Waals surface area (Å²) in [5, 5.41) is 0. The molecule has 1 nitrogen and oxygen atoms in total. The van der Waals surface area contributed by atoms with Crippen LogP contribution in [0.25, 0.3) is 0 Å². The zero-order valence-electron chi connectivity index (χ0n) is 10.3. The highest BCUT2D eigenvalue weighted by atomic mass is 15.0. The maximum atomic E-state index is 2.51. The maximum absolute atomic E-state index is 2.51. The van der Waals surface area contributed by atoms with Crippen LogP contribution in [0.4, 0.5) is 0 Å². The average molecular weight is 205 g/mol. The lowest BCUT2D eigenvalue weighted by atomic mass is 9.83. The Kier molecular flexibility index (Phi) is 2.90. The molecule has 0 spiro atoms. The summed E-state index contributed by atoms with van der Waals surface area (Å²) in [7, 11) is 0. The zero-order valence-corrected chi connectivity index (χ0v) is 10.3. The molecule has 0 bridgehead atoms. The molecule has 0 radical (unpaired) electrons. The van der Waals surface area contributed by atoms with Crippen LogP contribution in [0.1, 0.15) is 50.4 Å². The smallest absolute Gasteiger partial charge is 0.0281 e. The highest BCUT2D eigenvalue weighted by Gasteiger charge is 2.32. The second-order valence-electron chi connectivity index (χ2n) is 5.26. The minimum Gasteiger partial charge on any atom is -0.349 e. The third-order valence-corrected chi connectivity index (χ3v) is 4.32. The summed E-state index contributed by atoms with van der Waals surface area (Å²) in [6.07, 6.45) is 7.07. The molecule has 1 heteroatoms. The molecule has 1 aromatic heterocycles.